The Hall–Kier alpha value is -2.10. The Morgan fingerprint density at radius 3 is 2.84 bits per heavy atom. The van der Waals surface area contributed by atoms with Gasteiger partial charge in [-0.1, -0.05) is 30.3 Å². The molecule has 0 saturated heterocycles. The summed E-state index contributed by atoms with van der Waals surface area (Å²) in [6.07, 6.45) is 3.69. The Labute approximate surface area is 111 Å². The average Bonchev–Trinajstić information content (AvgIpc) is 2.62. The van der Waals surface area contributed by atoms with E-state index in [9.17, 15) is 4.79 Å². The van der Waals surface area contributed by atoms with E-state index < -0.39 is 0 Å². The molecule has 0 radical (unpaired) electrons. The first kappa shape index (κ1) is 12.0. The molecule has 4 heteroatoms. The summed E-state index contributed by atoms with van der Waals surface area (Å²) in [5.74, 6) is 0.647. The fraction of sp³-hybridized carbons (Fsp3) is 0.333. The van der Waals surface area contributed by atoms with Crippen molar-refractivity contribution in [3.8, 4) is 0 Å². The molecule has 0 amide bonds. The molecule has 3 rings (SSSR count). The summed E-state index contributed by atoms with van der Waals surface area (Å²) in [7, 11) is 0. The number of hydrogen-bond acceptors (Lipinski definition) is 3. The van der Waals surface area contributed by atoms with Crippen LogP contribution in [-0.2, 0) is 12.8 Å². The number of H-pyrrole nitrogens is 1. The van der Waals surface area contributed by atoms with E-state index in [4.69, 9.17) is 5.73 Å². The van der Waals surface area contributed by atoms with Crippen LogP contribution in [-0.4, -0.2) is 9.97 Å². The SMILES string of the molecule is Nc1nc2c(c(=O)[nH]1)CCCC(c1ccccc1)C2. The number of nitrogen functional groups attached to an aromatic ring is 1. The molecule has 1 aliphatic carbocycles. The van der Waals surface area contributed by atoms with Gasteiger partial charge >= 0.3 is 0 Å². The highest BCUT2D eigenvalue weighted by Gasteiger charge is 2.21. The van der Waals surface area contributed by atoms with E-state index >= 15 is 0 Å². The summed E-state index contributed by atoms with van der Waals surface area (Å²) in [6, 6.07) is 10.4. The van der Waals surface area contributed by atoms with Gasteiger partial charge in [0, 0.05) is 5.56 Å². The van der Waals surface area contributed by atoms with Gasteiger partial charge in [0.05, 0.1) is 5.69 Å². The van der Waals surface area contributed by atoms with E-state index in [-0.39, 0.29) is 11.5 Å². The maximum Gasteiger partial charge on any atom is 0.255 e. The van der Waals surface area contributed by atoms with E-state index in [2.05, 4.69) is 34.2 Å². The Kier molecular flexibility index (Phi) is 3.07. The number of nitrogens with one attached hydrogen (secondary N) is 1. The molecular weight excluding hydrogens is 238 g/mol. The molecule has 3 N–H and O–H groups in total. The number of benzene rings is 1. The molecule has 98 valence electrons. The molecular formula is C15H17N3O. The van der Waals surface area contributed by atoms with Gasteiger partial charge in [-0.2, -0.15) is 0 Å². The van der Waals surface area contributed by atoms with Crippen molar-refractivity contribution in [3.05, 3.63) is 57.5 Å². The van der Waals surface area contributed by atoms with Crippen LogP contribution in [0.15, 0.2) is 35.1 Å². The summed E-state index contributed by atoms with van der Waals surface area (Å²) in [6.45, 7) is 0. The van der Waals surface area contributed by atoms with Crippen molar-refractivity contribution in [2.24, 2.45) is 0 Å². The summed E-state index contributed by atoms with van der Waals surface area (Å²) in [4.78, 5) is 18.8. The molecule has 2 aromatic rings. The molecule has 0 aliphatic heterocycles. The number of aromatic nitrogens is 2. The molecule has 1 aromatic carbocycles. The number of rotatable bonds is 1. The number of aromatic amines is 1. The Morgan fingerprint density at radius 1 is 1.26 bits per heavy atom. The second-order valence-corrected chi connectivity index (χ2v) is 5.08. The molecule has 0 saturated carbocycles. The van der Waals surface area contributed by atoms with Crippen LogP contribution in [0, 0.1) is 0 Å². The van der Waals surface area contributed by atoms with Gasteiger partial charge in [-0.25, -0.2) is 4.98 Å². The van der Waals surface area contributed by atoms with Gasteiger partial charge < -0.3 is 5.73 Å². The standard InChI is InChI=1S/C15H17N3O/c16-15-17-13-9-11(10-5-2-1-3-6-10)7-4-8-12(13)14(19)18-15/h1-3,5-6,11H,4,7-9H2,(H3,16,17,18,19). The van der Waals surface area contributed by atoms with Gasteiger partial charge in [-0.15, -0.1) is 0 Å². The zero-order chi connectivity index (χ0) is 13.2. The topological polar surface area (TPSA) is 71.8 Å². The molecule has 0 fully saturated rings. The average molecular weight is 255 g/mol. The second kappa shape index (κ2) is 4.88. The van der Waals surface area contributed by atoms with Crippen LogP contribution in [0.25, 0.3) is 0 Å². The van der Waals surface area contributed by atoms with Crippen LogP contribution in [0.4, 0.5) is 5.95 Å². The predicted molar refractivity (Wildman–Crippen MR) is 75.1 cm³/mol. The van der Waals surface area contributed by atoms with E-state index in [1.54, 1.807) is 0 Å². The lowest BCUT2D eigenvalue weighted by Gasteiger charge is -2.14. The van der Waals surface area contributed by atoms with Crippen molar-refractivity contribution in [1.82, 2.24) is 9.97 Å². The Balaban J connectivity index is 1.99. The third-order valence-electron chi connectivity index (χ3n) is 3.81. The van der Waals surface area contributed by atoms with Crippen molar-refractivity contribution in [2.45, 2.75) is 31.6 Å². The third-order valence-corrected chi connectivity index (χ3v) is 3.81. The third kappa shape index (κ3) is 2.38. The van der Waals surface area contributed by atoms with Gasteiger partial charge in [0.25, 0.3) is 5.56 Å². The number of hydrogen-bond donors (Lipinski definition) is 2. The van der Waals surface area contributed by atoms with Crippen LogP contribution >= 0.6 is 0 Å². The first-order chi connectivity index (χ1) is 9.24. The van der Waals surface area contributed by atoms with E-state index in [0.717, 1.165) is 36.9 Å². The van der Waals surface area contributed by atoms with Gasteiger partial charge in [0.2, 0.25) is 5.95 Å². The fourth-order valence-corrected chi connectivity index (χ4v) is 2.86. The molecule has 1 aliphatic rings. The lowest BCUT2D eigenvalue weighted by Crippen LogP contribution is -2.19. The van der Waals surface area contributed by atoms with Crippen LogP contribution in [0.2, 0.25) is 0 Å². The molecule has 0 spiro atoms. The van der Waals surface area contributed by atoms with Crippen LogP contribution in [0.3, 0.4) is 0 Å². The smallest absolute Gasteiger partial charge is 0.255 e. The Morgan fingerprint density at radius 2 is 2.05 bits per heavy atom. The summed E-state index contributed by atoms with van der Waals surface area (Å²) >= 11 is 0. The quantitative estimate of drug-likeness (QED) is 0.766. The summed E-state index contributed by atoms with van der Waals surface area (Å²) in [5.41, 5.74) is 8.57. The van der Waals surface area contributed by atoms with Crippen molar-refractivity contribution in [3.63, 3.8) is 0 Å². The Bertz CT molecular complexity index is 634. The molecule has 4 nitrogen and oxygen atoms in total. The minimum Gasteiger partial charge on any atom is -0.369 e. The molecule has 19 heavy (non-hydrogen) atoms. The first-order valence-corrected chi connectivity index (χ1v) is 6.66. The van der Waals surface area contributed by atoms with E-state index in [1.165, 1.54) is 5.56 Å². The van der Waals surface area contributed by atoms with Crippen LogP contribution in [0.5, 0.6) is 0 Å². The van der Waals surface area contributed by atoms with E-state index in [0.29, 0.717) is 5.92 Å². The normalized spacial score (nSPS) is 18.6. The van der Waals surface area contributed by atoms with Crippen molar-refractivity contribution in [2.75, 3.05) is 5.73 Å². The van der Waals surface area contributed by atoms with Gasteiger partial charge in [-0.3, -0.25) is 9.78 Å². The lowest BCUT2D eigenvalue weighted by molar-refractivity contribution is 0.608. The maximum absolute atomic E-state index is 11.9. The lowest BCUT2D eigenvalue weighted by atomic mass is 9.91. The molecule has 1 heterocycles. The van der Waals surface area contributed by atoms with Gasteiger partial charge in [0.1, 0.15) is 0 Å². The number of fused-ring (bicyclic) bond motifs is 1. The molecule has 1 unspecified atom stereocenters. The van der Waals surface area contributed by atoms with Gasteiger partial charge in [0.15, 0.2) is 0 Å². The highest BCUT2D eigenvalue weighted by molar-refractivity contribution is 5.30. The maximum atomic E-state index is 11.9. The molecule has 1 aromatic heterocycles. The molecule has 1 atom stereocenters. The first-order valence-electron chi connectivity index (χ1n) is 6.66. The predicted octanol–water partition coefficient (Wildman–Crippen LogP) is 2.01. The zero-order valence-corrected chi connectivity index (χ0v) is 10.7. The minimum absolute atomic E-state index is 0.0730. The van der Waals surface area contributed by atoms with Gasteiger partial charge in [-0.05, 0) is 37.2 Å². The van der Waals surface area contributed by atoms with E-state index in [1.807, 2.05) is 6.07 Å². The van der Waals surface area contributed by atoms with Crippen molar-refractivity contribution in [1.29, 1.82) is 0 Å². The number of nitrogens with two attached hydrogens (primary N) is 1. The molecule has 0 bridgehead atoms. The van der Waals surface area contributed by atoms with Crippen LogP contribution < -0.4 is 11.3 Å². The largest absolute Gasteiger partial charge is 0.369 e. The van der Waals surface area contributed by atoms with Crippen LogP contribution in [0.1, 0.15) is 35.6 Å². The number of nitrogens with zero attached hydrogens (tertiary/aromatic N) is 1. The monoisotopic (exact) mass is 255 g/mol. The highest BCUT2D eigenvalue weighted by atomic mass is 16.1. The number of anilines is 1. The zero-order valence-electron chi connectivity index (χ0n) is 10.7. The van der Waals surface area contributed by atoms with Crippen molar-refractivity contribution < 1.29 is 0 Å². The fourth-order valence-electron chi connectivity index (χ4n) is 2.86. The summed E-state index contributed by atoms with van der Waals surface area (Å²) < 4.78 is 0. The highest BCUT2D eigenvalue weighted by Crippen LogP contribution is 2.29. The minimum atomic E-state index is -0.0730. The van der Waals surface area contributed by atoms with Crippen molar-refractivity contribution >= 4 is 5.95 Å². The second-order valence-electron chi connectivity index (χ2n) is 5.08. The summed E-state index contributed by atoms with van der Waals surface area (Å²) in [5, 5.41) is 0.